The fourth-order valence-corrected chi connectivity index (χ4v) is 3.53. The van der Waals surface area contributed by atoms with Crippen LogP contribution in [-0.2, 0) is 11.3 Å². The number of aromatic nitrogens is 2. The number of aryl methyl sites for hydroxylation is 1. The standard InChI is InChI=1S/C18H28N4O3/c1-2-8-22-17(23)7-6-16(19-22)18(24)21-10-4-9-20(11-12-21)14-15-5-3-13-25-15/h6-7,15H,2-5,8-14H2,1H3/t15-/m0/s1. The van der Waals surface area contributed by atoms with Crippen molar-refractivity contribution in [2.45, 2.75) is 45.3 Å². The molecule has 0 saturated carbocycles. The van der Waals surface area contributed by atoms with Crippen LogP contribution in [0.15, 0.2) is 16.9 Å². The van der Waals surface area contributed by atoms with Crippen LogP contribution in [0, 0.1) is 0 Å². The lowest BCUT2D eigenvalue weighted by Gasteiger charge is -2.24. The average molecular weight is 348 g/mol. The summed E-state index contributed by atoms with van der Waals surface area (Å²) in [6.07, 6.45) is 4.41. The van der Waals surface area contributed by atoms with E-state index in [0.29, 0.717) is 24.9 Å². The van der Waals surface area contributed by atoms with Gasteiger partial charge in [-0.3, -0.25) is 14.5 Å². The number of hydrogen-bond donors (Lipinski definition) is 0. The van der Waals surface area contributed by atoms with Crippen molar-refractivity contribution in [1.82, 2.24) is 19.6 Å². The molecule has 0 radical (unpaired) electrons. The molecule has 0 spiro atoms. The van der Waals surface area contributed by atoms with Gasteiger partial charge in [0, 0.05) is 45.4 Å². The second kappa shape index (κ2) is 8.58. The molecule has 3 heterocycles. The molecule has 7 nitrogen and oxygen atoms in total. The van der Waals surface area contributed by atoms with Crippen molar-refractivity contribution in [3.8, 4) is 0 Å². The molecule has 1 atom stereocenters. The van der Waals surface area contributed by atoms with Gasteiger partial charge in [-0.1, -0.05) is 6.92 Å². The number of nitrogens with zero attached hydrogens (tertiary/aromatic N) is 4. The largest absolute Gasteiger partial charge is 0.377 e. The van der Waals surface area contributed by atoms with E-state index in [2.05, 4.69) is 10.00 Å². The molecular formula is C18H28N4O3. The lowest BCUT2D eigenvalue weighted by atomic mass is 10.2. The quantitative estimate of drug-likeness (QED) is 0.793. The number of rotatable bonds is 5. The highest BCUT2D eigenvalue weighted by atomic mass is 16.5. The highest BCUT2D eigenvalue weighted by Gasteiger charge is 2.24. The topological polar surface area (TPSA) is 67.7 Å². The van der Waals surface area contributed by atoms with E-state index >= 15 is 0 Å². The third-order valence-electron chi connectivity index (χ3n) is 4.88. The van der Waals surface area contributed by atoms with Crippen molar-refractivity contribution in [3.05, 3.63) is 28.2 Å². The molecular weight excluding hydrogens is 320 g/mol. The van der Waals surface area contributed by atoms with Crippen molar-refractivity contribution < 1.29 is 9.53 Å². The van der Waals surface area contributed by atoms with Gasteiger partial charge < -0.3 is 9.64 Å². The zero-order valence-electron chi connectivity index (χ0n) is 15.0. The molecule has 2 aliphatic heterocycles. The maximum atomic E-state index is 12.8. The Morgan fingerprint density at radius 3 is 2.88 bits per heavy atom. The zero-order chi connectivity index (χ0) is 17.6. The summed E-state index contributed by atoms with van der Waals surface area (Å²) in [6, 6.07) is 2.99. The first kappa shape index (κ1) is 18.1. The SMILES string of the molecule is CCCn1nc(C(=O)N2CCCN(C[C@@H]3CCCO3)CC2)ccc1=O. The van der Waals surface area contributed by atoms with E-state index in [1.807, 2.05) is 11.8 Å². The second-order valence-corrected chi connectivity index (χ2v) is 6.86. The maximum Gasteiger partial charge on any atom is 0.274 e. The molecule has 138 valence electrons. The highest BCUT2D eigenvalue weighted by molar-refractivity contribution is 5.92. The number of hydrogen-bond acceptors (Lipinski definition) is 5. The molecule has 0 aliphatic carbocycles. The monoisotopic (exact) mass is 348 g/mol. The van der Waals surface area contributed by atoms with Crippen molar-refractivity contribution >= 4 is 5.91 Å². The van der Waals surface area contributed by atoms with Crippen LogP contribution in [-0.4, -0.2) is 70.9 Å². The predicted octanol–water partition coefficient (Wildman–Crippen LogP) is 0.980. The van der Waals surface area contributed by atoms with Crippen LogP contribution in [0.5, 0.6) is 0 Å². The molecule has 0 aromatic carbocycles. The number of carbonyl (C=O) groups excluding carboxylic acids is 1. The number of amides is 1. The van der Waals surface area contributed by atoms with E-state index in [0.717, 1.165) is 58.5 Å². The molecule has 1 aromatic heterocycles. The van der Waals surface area contributed by atoms with E-state index < -0.39 is 0 Å². The molecule has 1 aromatic rings. The number of carbonyl (C=O) groups is 1. The van der Waals surface area contributed by atoms with Gasteiger partial charge >= 0.3 is 0 Å². The molecule has 0 unspecified atom stereocenters. The fraction of sp³-hybridized carbons (Fsp3) is 0.722. The summed E-state index contributed by atoms with van der Waals surface area (Å²) < 4.78 is 7.11. The van der Waals surface area contributed by atoms with Gasteiger partial charge in [0.2, 0.25) is 0 Å². The molecule has 2 fully saturated rings. The lowest BCUT2D eigenvalue weighted by molar-refractivity contribution is 0.0700. The Kier molecular flexibility index (Phi) is 6.20. The fourth-order valence-electron chi connectivity index (χ4n) is 3.53. The zero-order valence-corrected chi connectivity index (χ0v) is 15.0. The van der Waals surface area contributed by atoms with Gasteiger partial charge in [0.05, 0.1) is 6.10 Å². The van der Waals surface area contributed by atoms with E-state index in [1.54, 1.807) is 6.07 Å². The van der Waals surface area contributed by atoms with Gasteiger partial charge in [-0.25, -0.2) is 4.68 Å². The maximum absolute atomic E-state index is 12.8. The summed E-state index contributed by atoms with van der Waals surface area (Å²) in [5.41, 5.74) is 0.206. The van der Waals surface area contributed by atoms with E-state index in [1.165, 1.54) is 10.7 Å². The van der Waals surface area contributed by atoms with Crippen molar-refractivity contribution in [2.24, 2.45) is 0 Å². The minimum atomic E-state index is -0.156. The summed E-state index contributed by atoms with van der Waals surface area (Å²) in [7, 11) is 0. The minimum absolute atomic E-state index is 0.0798. The third kappa shape index (κ3) is 4.67. The summed E-state index contributed by atoms with van der Waals surface area (Å²) >= 11 is 0. The summed E-state index contributed by atoms with van der Waals surface area (Å²) in [4.78, 5) is 28.8. The van der Waals surface area contributed by atoms with Crippen LogP contribution < -0.4 is 5.56 Å². The minimum Gasteiger partial charge on any atom is -0.377 e. The van der Waals surface area contributed by atoms with Crippen LogP contribution in [0.3, 0.4) is 0 Å². The summed E-state index contributed by atoms with van der Waals surface area (Å²) in [6.45, 7) is 7.64. The van der Waals surface area contributed by atoms with E-state index in [9.17, 15) is 9.59 Å². The van der Waals surface area contributed by atoms with Crippen molar-refractivity contribution in [3.63, 3.8) is 0 Å². The Morgan fingerprint density at radius 1 is 1.24 bits per heavy atom. The molecule has 2 aliphatic rings. The number of ether oxygens (including phenoxy) is 1. The Hall–Kier alpha value is -1.73. The molecule has 25 heavy (non-hydrogen) atoms. The van der Waals surface area contributed by atoms with Crippen molar-refractivity contribution in [1.29, 1.82) is 0 Å². The first-order valence-corrected chi connectivity index (χ1v) is 9.39. The third-order valence-corrected chi connectivity index (χ3v) is 4.88. The van der Waals surface area contributed by atoms with Crippen LogP contribution in [0.1, 0.15) is 43.1 Å². The summed E-state index contributed by atoms with van der Waals surface area (Å²) in [5.74, 6) is -0.0798. The van der Waals surface area contributed by atoms with E-state index in [-0.39, 0.29) is 11.5 Å². The molecule has 1 amide bonds. The highest BCUT2D eigenvalue weighted by Crippen LogP contribution is 2.15. The van der Waals surface area contributed by atoms with E-state index in [4.69, 9.17) is 4.74 Å². The predicted molar refractivity (Wildman–Crippen MR) is 94.7 cm³/mol. The molecule has 0 N–H and O–H groups in total. The first-order valence-electron chi connectivity index (χ1n) is 9.39. The molecule has 0 bridgehead atoms. The van der Waals surface area contributed by atoms with Crippen LogP contribution >= 0.6 is 0 Å². The Labute approximate surface area is 148 Å². The Balaban J connectivity index is 1.60. The molecule has 2 saturated heterocycles. The van der Waals surface area contributed by atoms with Crippen LogP contribution in [0.2, 0.25) is 0 Å². The Bertz CT molecular complexity index is 639. The summed E-state index contributed by atoms with van der Waals surface area (Å²) in [5, 5.41) is 4.25. The van der Waals surface area contributed by atoms with Crippen molar-refractivity contribution in [2.75, 3.05) is 39.3 Å². The Morgan fingerprint density at radius 2 is 2.12 bits per heavy atom. The molecule has 3 rings (SSSR count). The van der Waals surface area contributed by atoms with Gasteiger partial charge in [-0.05, 0) is 38.3 Å². The van der Waals surface area contributed by atoms with Crippen LogP contribution in [0.4, 0.5) is 0 Å². The van der Waals surface area contributed by atoms with Gasteiger partial charge in [-0.2, -0.15) is 5.10 Å². The lowest BCUT2D eigenvalue weighted by Crippen LogP contribution is -2.38. The second-order valence-electron chi connectivity index (χ2n) is 6.86. The molecule has 7 heteroatoms. The first-order chi connectivity index (χ1) is 12.2. The smallest absolute Gasteiger partial charge is 0.274 e. The van der Waals surface area contributed by atoms with Gasteiger partial charge in [-0.15, -0.1) is 0 Å². The average Bonchev–Trinajstić information content (AvgIpc) is 3.01. The van der Waals surface area contributed by atoms with Gasteiger partial charge in [0.15, 0.2) is 0 Å². The van der Waals surface area contributed by atoms with Gasteiger partial charge in [0.1, 0.15) is 5.69 Å². The van der Waals surface area contributed by atoms with Gasteiger partial charge in [0.25, 0.3) is 11.5 Å². The normalized spacial score (nSPS) is 22.1. The van der Waals surface area contributed by atoms with Crippen LogP contribution in [0.25, 0.3) is 0 Å².